The van der Waals surface area contributed by atoms with Crippen LogP contribution in [0.4, 0.5) is 0 Å². The van der Waals surface area contributed by atoms with Crippen LogP contribution in [0.3, 0.4) is 0 Å². The summed E-state index contributed by atoms with van der Waals surface area (Å²) < 4.78 is 10.7. The molecule has 0 bridgehead atoms. The van der Waals surface area contributed by atoms with Crippen molar-refractivity contribution in [2.24, 2.45) is 5.92 Å². The van der Waals surface area contributed by atoms with E-state index in [4.69, 9.17) is 9.47 Å². The van der Waals surface area contributed by atoms with Gasteiger partial charge in [0.2, 0.25) is 6.79 Å². The predicted octanol–water partition coefficient (Wildman–Crippen LogP) is 2.72. The Hall–Kier alpha value is -1.22. The fourth-order valence-corrected chi connectivity index (χ4v) is 1.71. The normalized spacial score (nSPS) is 15.5. The molecule has 3 heteroatoms. The first-order valence-corrected chi connectivity index (χ1v) is 5.79. The van der Waals surface area contributed by atoms with Crippen LogP contribution in [0.5, 0.6) is 11.5 Å². The molecule has 1 aromatic carbocycles. The Kier molecular flexibility index (Phi) is 3.34. The van der Waals surface area contributed by atoms with Crippen LogP contribution in [-0.4, -0.2) is 13.3 Å². The summed E-state index contributed by atoms with van der Waals surface area (Å²) in [6, 6.07) is 6.47. The van der Waals surface area contributed by atoms with Crippen molar-refractivity contribution in [2.75, 3.05) is 13.3 Å². The van der Waals surface area contributed by atoms with Gasteiger partial charge in [0.25, 0.3) is 0 Å². The Balaban J connectivity index is 2.03. The summed E-state index contributed by atoms with van der Waals surface area (Å²) in [5, 5.41) is 3.49. The van der Waals surface area contributed by atoms with Gasteiger partial charge in [0.1, 0.15) is 0 Å². The fraction of sp³-hybridized carbons (Fsp3) is 0.538. The molecule has 0 amide bonds. The van der Waals surface area contributed by atoms with Crippen molar-refractivity contribution in [1.82, 2.24) is 5.32 Å². The highest BCUT2D eigenvalue weighted by Gasteiger charge is 2.15. The number of benzene rings is 1. The average molecular weight is 221 g/mol. The van der Waals surface area contributed by atoms with Crippen molar-refractivity contribution in [3.8, 4) is 11.5 Å². The predicted molar refractivity (Wildman–Crippen MR) is 63.8 cm³/mol. The van der Waals surface area contributed by atoms with Gasteiger partial charge in [-0.3, -0.25) is 0 Å². The standard InChI is InChI=1S/C13H19NO2/c1-9(2)7-14-10(3)11-4-5-12-13(6-11)16-8-15-12/h4-6,9-10,14H,7-8H2,1-3H3. The molecule has 1 heterocycles. The minimum atomic E-state index is 0.340. The van der Waals surface area contributed by atoms with E-state index in [9.17, 15) is 0 Å². The summed E-state index contributed by atoms with van der Waals surface area (Å²) in [7, 11) is 0. The van der Waals surface area contributed by atoms with Crippen LogP contribution in [0.15, 0.2) is 18.2 Å². The molecule has 1 aromatic rings. The van der Waals surface area contributed by atoms with Gasteiger partial charge in [0.15, 0.2) is 11.5 Å². The van der Waals surface area contributed by atoms with Crippen LogP contribution in [0.25, 0.3) is 0 Å². The topological polar surface area (TPSA) is 30.5 Å². The van der Waals surface area contributed by atoms with Crippen molar-refractivity contribution in [3.63, 3.8) is 0 Å². The second-order valence-electron chi connectivity index (χ2n) is 4.64. The van der Waals surface area contributed by atoms with Crippen molar-refractivity contribution >= 4 is 0 Å². The molecule has 1 N–H and O–H groups in total. The zero-order chi connectivity index (χ0) is 11.5. The van der Waals surface area contributed by atoms with Gasteiger partial charge in [0.05, 0.1) is 0 Å². The number of hydrogen-bond acceptors (Lipinski definition) is 3. The average Bonchev–Trinajstić information content (AvgIpc) is 2.72. The molecule has 0 radical (unpaired) electrons. The van der Waals surface area contributed by atoms with E-state index < -0.39 is 0 Å². The first kappa shape index (κ1) is 11.3. The summed E-state index contributed by atoms with van der Waals surface area (Å²) in [4.78, 5) is 0. The largest absolute Gasteiger partial charge is 0.454 e. The number of rotatable bonds is 4. The number of hydrogen-bond donors (Lipinski definition) is 1. The van der Waals surface area contributed by atoms with Gasteiger partial charge in [-0.15, -0.1) is 0 Å². The smallest absolute Gasteiger partial charge is 0.231 e. The van der Waals surface area contributed by atoms with E-state index in [-0.39, 0.29) is 0 Å². The molecule has 16 heavy (non-hydrogen) atoms. The van der Waals surface area contributed by atoms with E-state index in [1.165, 1.54) is 5.56 Å². The lowest BCUT2D eigenvalue weighted by Crippen LogP contribution is -2.23. The minimum Gasteiger partial charge on any atom is -0.454 e. The van der Waals surface area contributed by atoms with E-state index in [2.05, 4.69) is 38.2 Å². The van der Waals surface area contributed by atoms with Gasteiger partial charge in [-0.05, 0) is 37.1 Å². The van der Waals surface area contributed by atoms with Gasteiger partial charge in [0, 0.05) is 6.04 Å². The molecule has 0 aromatic heterocycles. The fourth-order valence-electron chi connectivity index (χ4n) is 1.71. The third kappa shape index (κ3) is 2.47. The summed E-state index contributed by atoms with van der Waals surface area (Å²) in [5.41, 5.74) is 1.24. The molecule has 0 spiro atoms. The lowest BCUT2D eigenvalue weighted by Gasteiger charge is -2.16. The molecule has 1 unspecified atom stereocenters. The maximum absolute atomic E-state index is 5.36. The number of fused-ring (bicyclic) bond motifs is 1. The van der Waals surface area contributed by atoms with Crippen LogP contribution in [0.2, 0.25) is 0 Å². The second kappa shape index (κ2) is 4.74. The monoisotopic (exact) mass is 221 g/mol. The Morgan fingerprint density at radius 2 is 1.94 bits per heavy atom. The zero-order valence-electron chi connectivity index (χ0n) is 10.1. The molecule has 3 nitrogen and oxygen atoms in total. The molecule has 2 rings (SSSR count). The highest BCUT2D eigenvalue weighted by Crippen LogP contribution is 2.34. The number of ether oxygens (including phenoxy) is 2. The van der Waals surface area contributed by atoms with E-state index in [0.29, 0.717) is 18.8 Å². The molecule has 0 fully saturated rings. The van der Waals surface area contributed by atoms with Crippen molar-refractivity contribution in [1.29, 1.82) is 0 Å². The molecular weight excluding hydrogens is 202 g/mol. The van der Waals surface area contributed by atoms with Crippen molar-refractivity contribution in [2.45, 2.75) is 26.8 Å². The first-order valence-electron chi connectivity index (χ1n) is 5.79. The van der Waals surface area contributed by atoms with E-state index in [1.54, 1.807) is 0 Å². The van der Waals surface area contributed by atoms with Crippen LogP contribution in [-0.2, 0) is 0 Å². The number of nitrogens with one attached hydrogen (secondary N) is 1. The highest BCUT2D eigenvalue weighted by atomic mass is 16.7. The van der Waals surface area contributed by atoms with Crippen LogP contribution < -0.4 is 14.8 Å². The molecule has 1 aliphatic heterocycles. The second-order valence-corrected chi connectivity index (χ2v) is 4.64. The first-order chi connectivity index (χ1) is 7.66. The molecule has 1 aliphatic rings. The van der Waals surface area contributed by atoms with Crippen LogP contribution >= 0.6 is 0 Å². The SMILES string of the molecule is CC(C)CNC(C)c1ccc2c(c1)OCO2. The quantitative estimate of drug-likeness (QED) is 0.848. The Morgan fingerprint density at radius 3 is 2.69 bits per heavy atom. The van der Waals surface area contributed by atoms with E-state index in [0.717, 1.165) is 18.0 Å². The summed E-state index contributed by atoms with van der Waals surface area (Å²) in [6.45, 7) is 7.95. The Bertz CT molecular complexity index is 363. The Labute approximate surface area is 96.8 Å². The molecular formula is C13H19NO2. The lowest BCUT2D eigenvalue weighted by molar-refractivity contribution is 0.174. The third-order valence-electron chi connectivity index (χ3n) is 2.73. The van der Waals surface area contributed by atoms with Gasteiger partial charge in [-0.25, -0.2) is 0 Å². The molecule has 0 saturated heterocycles. The molecule has 88 valence electrons. The van der Waals surface area contributed by atoms with Gasteiger partial charge in [-0.2, -0.15) is 0 Å². The third-order valence-corrected chi connectivity index (χ3v) is 2.73. The molecule has 0 aliphatic carbocycles. The van der Waals surface area contributed by atoms with Crippen molar-refractivity contribution < 1.29 is 9.47 Å². The summed E-state index contributed by atoms with van der Waals surface area (Å²) in [6.07, 6.45) is 0. The van der Waals surface area contributed by atoms with Gasteiger partial charge in [-0.1, -0.05) is 19.9 Å². The van der Waals surface area contributed by atoms with E-state index in [1.807, 2.05) is 6.07 Å². The Morgan fingerprint density at radius 1 is 1.19 bits per heavy atom. The maximum atomic E-state index is 5.36. The zero-order valence-corrected chi connectivity index (χ0v) is 10.1. The van der Waals surface area contributed by atoms with Crippen LogP contribution in [0.1, 0.15) is 32.4 Å². The van der Waals surface area contributed by atoms with Gasteiger partial charge < -0.3 is 14.8 Å². The van der Waals surface area contributed by atoms with Gasteiger partial charge >= 0.3 is 0 Å². The maximum Gasteiger partial charge on any atom is 0.231 e. The molecule has 0 saturated carbocycles. The van der Waals surface area contributed by atoms with E-state index >= 15 is 0 Å². The minimum absolute atomic E-state index is 0.340. The van der Waals surface area contributed by atoms with Crippen LogP contribution in [0, 0.1) is 5.92 Å². The lowest BCUT2D eigenvalue weighted by atomic mass is 10.1. The highest BCUT2D eigenvalue weighted by molar-refractivity contribution is 5.45. The summed E-state index contributed by atoms with van der Waals surface area (Å²) in [5.74, 6) is 2.37. The summed E-state index contributed by atoms with van der Waals surface area (Å²) >= 11 is 0. The van der Waals surface area contributed by atoms with Crippen molar-refractivity contribution in [3.05, 3.63) is 23.8 Å². The molecule has 1 atom stereocenters.